The Bertz CT molecular complexity index is 651. The predicted octanol–water partition coefficient (Wildman–Crippen LogP) is 4.58. The maximum atomic E-state index is 12.1. The summed E-state index contributed by atoms with van der Waals surface area (Å²) in [6.07, 6.45) is -4.77. The van der Waals surface area contributed by atoms with Gasteiger partial charge in [0, 0.05) is 5.69 Å². The van der Waals surface area contributed by atoms with Crippen molar-refractivity contribution in [3.05, 3.63) is 33.2 Å². The van der Waals surface area contributed by atoms with Crippen LogP contribution in [0.1, 0.15) is 0 Å². The van der Waals surface area contributed by atoms with Gasteiger partial charge in [-0.05, 0) is 57.3 Å². The molecule has 11 heteroatoms. The second kappa shape index (κ2) is 6.20. The van der Waals surface area contributed by atoms with Gasteiger partial charge in [-0.3, -0.25) is 0 Å². The maximum absolute atomic E-state index is 12.1. The molecule has 0 saturated carbocycles. The van der Waals surface area contributed by atoms with Crippen LogP contribution in [0.5, 0.6) is 5.75 Å². The molecule has 0 spiro atoms. The Morgan fingerprint density at radius 2 is 1.71 bits per heavy atom. The van der Waals surface area contributed by atoms with Crippen LogP contribution in [0.3, 0.4) is 0 Å². The first kappa shape index (κ1) is 16.1. The second-order valence-electron chi connectivity index (χ2n) is 3.52. The fourth-order valence-electron chi connectivity index (χ4n) is 1.30. The van der Waals surface area contributed by atoms with Crippen LogP contribution >= 0.6 is 39.1 Å². The van der Waals surface area contributed by atoms with E-state index in [1.807, 2.05) is 0 Å². The van der Waals surface area contributed by atoms with Crippen LogP contribution in [-0.2, 0) is 0 Å². The lowest BCUT2D eigenvalue weighted by Crippen LogP contribution is -2.17. The van der Waals surface area contributed by atoms with Gasteiger partial charge in [0.2, 0.25) is 16.5 Å². The molecule has 0 atom stereocenters. The standard InChI is InChI=1S/C10H4BrCl2F3N4O/c11-5-3-4(1-2-6(5)21-10(14,15)16)17-9-19-7(12)18-8(13)20-9/h1-3H,(H,17,18,19,20). The molecule has 1 aromatic carbocycles. The van der Waals surface area contributed by atoms with Gasteiger partial charge in [-0.1, -0.05) is 0 Å². The van der Waals surface area contributed by atoms with Crippen LogP contribution < -0.4 is 10.1 Å². The third-order valence-electron chi connectivity index (χ3n) is 1.99. The van der Waals surface area contributed by atoms with Crippen LogP contribution in [-0.4, -0.2) is 21.3 Å². The van der Waals surface area contributed by atoms with Crippen LogP contribution in [0.25, 0.3) is 0 Å². The third kappa shape index (κ3) is 4.87. The smallest absolute Gasteiger partial charge is 0.405 e. The first-order chi connectivity index (χ1) is 9.73. The normalized spacial score (nSPS) is 11.3. The minimum absolute atomic E-state index is 0.0522. The van der Waals surface area contributed by atoms with E-state index >= 15 is 0 Å². The lowest BCUT2D eigenvalue weighted by Gasteiger charge is -2.12. The SMILES string of the molecule is FC(F)(F)Oc1ccc(Nc2nc(Cl)nc(Cl)n2)cc1Br. The van der Waals surface area contributed by atoms with Crippen molar-refractivity contribution in [2.24, 2.45) is 0 Å². The van der Waals surface area contributed by atoms with Crippen LogP contribution in [0.15, 0.2) is 22.7 Å². The Balaban J connectivity index is 2.20. The molecule has 0 aliphatic rings. The van der Waals surface area contributed by atoms with E-state index in [0.29, 0.717) is 5.69 Å². The maximum Gasteiger partial charge on any atom is 0.573 e. The summed E-state index contributed by atoms with van der Waals surface area (Å²) in [6, 6.07) is 3.83. The lowest BCUT2D eigenvalue weighted by atomic mass is 10.3. The summed E-state index contributed by atoms with van der Waals surface area (Å²) in [7, 11) is 0. The summed E-state index contributed by atoms with van der Waals surface area (Å²) in [4.78, 5) is 11.1. The zero-order chi connectivity index (χ0) is 15.6. The summed E-state index contributed by atoms with van der Waals surface area (Å²) >= 11 is 14.2. The fourth-order valence-corrected chi connectivity index (χ4v) is 2.12. The van der Waals surface area contributed by atoms with Gasteiger partial charge >= 0.3 is 6.36 Å². The van der Waals surface area contributed by atoms with Gasteiger partial charge in [0.15, 0.2) is 0 Å². The molecular formula is C10H4BrCl2F3N4O. The van der Waals surface area contributed by atoms with Gasteiger partial charge in [0.05, 0.1) is 4.47 Å². The fraction of sp³-hybridized carbons (Fsp3) is 0.100. The van der Waals surface area contributed by atoms with Crippen molar-refractivity contribution in [2.75, 3.05) is 5.32 Å². The van der Waals surface area contributed by atoms with Crippen LogP contribution in [0, 0.1) is 0 Å². The Morgan fingerprint density at radius 3 is 2.24 bits per heavy atom. The van der Waals surface area contributed by atoms with Crippen molar-refractivity contribution in [3.63, 3.8) is 0 Å². The van der Waals surface area contributed by atoms with Gasteiger partial charge in [0.1, 0.15) is 5.75 Å². The summed E-state index contributed by atoms with van der Waals surface area (Å²) in [5, 5.41) is 2.48. The van der Waals surface area contributed by atoms with Gasteiger partial charge < -0.3 is 10.1 Å². The zero-order valence-electron chi connectivity index (χ0n) is 9.75. The monoisotopic (exact) mass is 402 g/mol. The molecule has 2 aromatic rings. The highest BCUT2D eigenvalue weighted by molar-refractivity contribution is 9.10. The number of hydrogen-bond donors (Lipinski definition) is 1. The predicted molar refractivity (Wildman–Crippen MR) is 74.0 cm³/mol. The zero-order valence-corrected chi connectivity index (χ0v) is 12.8. The number of nitrogens with one attached hydrogen (secondary N) is 1. The summed E-state index contributed by atoms with van der Waals surface area (Å²) in [6.45, 7) is 0. The van der Waals surface area contributed by atoms with Crippen molar-refractivity contribution >= 4 is 50.8 Å². The van der Waals surface area contributed by atoms with E-state index in [9.17, 15) is 13.2 Å². The number of ether oxygens (including phenoxy) is 1. The van der Waals surface area contributed by atoms with Gasteiger partial charge in [-0.15, -0.1) is 13.2 Å². The number of anilines is 2. The van der Waals surface area contributed by atoms with E-state index in [-0.39, 0.29) is 26.7 Å². The molecule has 21 heavy (non-hydrogen) atoms. The molecule has 0 unspecified atom stereocenters. The van der Waals surface area contributed by atoms with Crippen LogP contribution in [0.4, 0.5) is 24.8 Å². The highest BCUT2D eigenvalue weighted by atomic mass is 79.9. The highest BCUT2D eigenvalue weighted by Crippen LogP contribution is 2.33. The minimum atomic E-state index is -4.77. The van der Waals surface area contributed by atoms with E-state index in [4.69, 9.17) is 23.2 Å². The van der Waals surface area contributed by atoms with Crippen molar-refractivity contribution in [3.8, 4) is 5.75 Å². The average Bonchev–Trinajstić information content (AvgIpc) is 2.30. The third-order valence-corrected chi connectivity index (χ3v) is 2.95. The number of alkyl halides is 3. The quantitative estimate of drug-likeness (QED) is 0.812. The number of benzene rings is 1. The molecule has 0 aliphatic heterocycles. The van der Waals surface area contributed by atoms with Crippen molar-refractivity contribution < 1.29 is 17.9 Å². The van der Waals surface area contributed by atoms with Gasteiger partial charge in [-0.2, -0.15) is 15.0 Å². The summed E-state index contributed by atoms with van der Waals surface area (Å²) in [5.74, 6) is -0.323. The molecule has 1 aromatic heterocycles. The summed E-state index contributed by atoms with van der Waals surface area (Å²) < 4.78 is 40.3. The van der Waals surface area contributed by atoms with Gasteiger partial charge in [0.25, 0.3) is 0 Å². The van der Waals surface area contributed by atoms with E-state index < -0.39 is 6.36 Å². The first-order valence-corrected chi connectivity index (χ1v) is 6.67. The Morgan fingerprint density at radius 1 is 1.10 bits per heavy atom. The topological polar surface area (TPSA) is 59.9 Å². The molecule has 0 amide bonds. The number of nitrogens with zero attached hydrogens (tertiary/aromatic N) is 3. The molecule has 112 valence electrons. The largest absolute Gasteiger partial charge is 0.573 e. The number of halogens is 6. The Kier molecular flexibility index (Phi) is 4.74. The van der Waals surface area contributed by atoms with Crippen LogP contribution in [0.2, 0.25) is 10.6 Å². The van der Waals surface area contributed by atoms with Crippen molar-refractivity contribution in [1.82, 2.24) is 15.0 Å². The molecule has 5 nitrogen and oxygen atoms in total. The van der Waals surface area contributed by atoms with E-state index in [2.05, 4.69) is 40.9 Å². The first-order valence-electron chi connectivity index (χ1n) is 5.12. The van der Waals surface area contributed by atoms with Gasteiger partial charge in [-0.25, -0.2) is 0 Å². The van der Waals surface area contributed by atoms with E-state index in [1.165, 1.54) is 12.1 Å². The number of rotatable bonds is 3. The minimum Gasteiger partial charge on any atom is -0.405 e. The number of aromatic nitrogens is 3. The van der Waals surface area contributed by atoms with E-state index in [0.717, 1.165) is 6.07 Å². The molecule has 0 radical (unpaired) electrons. The van der Waals surface area contributed by atoms with Crippen molar-refractivity contribution in [2.45, 2.75) is 6.36 Å². The molecule has 0 bridgehead atoms. The number of hydrogen-bond acceptors (Lipinski definition) is 5. The molecule has 2 rings (SSSR count). The molecule has 0 fully saturated rings. The highest BCUT2D eigenvalue weighted by Gasteiger charge is 2.31. The van der Waals surface area contributed by atoms with Crippen molar-refractivity contribution in [1.29, 1.82) is 0 Å². The molecule has 1 heterocycles. The Hall–Kier alpha value is -1.32. The molecule has 0 saturated heterocycles. The van der Waals surface area contributed by atoms with E-state index in [1.54, 1.807) is 0 Å². The molecular weight excluding hydrogens is 400 g/mol. The average molecular weight is 404 g/mol. The lowest BCUT2D eigenvalue weighted by molar-refractivity contribution is -0.274. The molecule has 1 N–H and O–H groups in total. The molecule has 0 aliphatic carbocycles. The Labute approximate surface area is 134 Å². The second-order valence-corrected chi connectivity index (χ2v) is 5.05. The summed E-state index contributed by atoms with van der Waals surface area (Å²) in [5.41, 5.74) is 0.398.